The summed E-state index contributed by atoms with van der Waals surface area (Å²) in [6, 6.07) is 50.8. The maximum atomic E-state index is 11.2. The molecule has 0 aliphatic heterocycles. The van der Waals surface area contributed by atoms with Crippen LogP contribution in [0, 0.1) is 0 Å². The predicted octanol–water partition coefficient (Wildman–Crippen LogP) is 11.6. The highest BCUT2D eigenvalue weighted by molar-refractivity contribution is 5.93. The molecule has 0 unspecified atom stereocenters. The van der Waals surface area contributed by atoms with Crippen LogP contribution < -0.4 is 0 Å². The summed E-state index contributed by atoms with van der Waals surface area (Å²) in [7, 11) is 0. The highest BCUT2D eigenvalue weighted by atomic mass is 16.4. The summed E-state index contributed by atoms with van der Waals surface area (Å²) >= 11 is 0. The molecule has 324 valence electrons. The third-order valence-corrected chi connectivity index (χ3v) is 10.7. The second kappa shape index (κ2) is 19.3. The molecule has 12 heteroatoms. The van der Waals surface area contributed by atoms with Gasteiger partial charge in [-0.15, -0.1) is 0 Å². The fourth-order valence-electron chi connectivity index (χ4n) is 7.09. The topological polar surface area (TPSA) is 224 Å². The lowest BCUT2D eigenvalue weighted by Crippen LogP contribution is -1.96. The zero-order valence-corrected chi connectivity index (χ0v) is 34.5. The van der Waals surface area contributed by atoms with E-state index in [1.807, 2.05) is 36.4 Å². The summed E-state index contributed by atoms with van der Waals surface area (Å²) in [5, 5.41) is 55.0. The van der Waals surface area contributed by atoms with Gasteiger partial charge in [-0.25, -0.2) is 28.8 Å². The molecule has 0 atom stereocenters. The Morgan fingerprint density at radius 2 is 0.288 bits per heavy atom. The second-order valence-corrected chi connectivity index (χ2v) is 14.9. The van der Waals surface area contributed by atoms with Gasteiger partial charge >= 0.3 is 35.8 Å². The van der Waals surface area contributed by atoms with E-state index in [-0.39, 0.29) is 33.4 Å². The number of carboxylic acid groups (broad SMARTS) is 6. The lowest BCUT2D eigenvalue weighted by molar-refractivity contribution is 0.0686. The molecule has 8 rings (SSSR count). The summed E-state index contributed by atoms with van der Waals surface area (Å²) in [6.07, 6.45) is 0. The first-order chi connectivity index (χ1) is 31.6. The summed E-state index contributed by atoms with van der Waals surface area (Å²) in [5.41, 5.74) is 11.0. The van der Waals surface area contributed by atoms with E-state index in [2.05, 4.69) is 0 Å². The van der Waals surface area contributed by atoms with Crippen LogP contribution in [0.3, 0.4) is 0 Å². The van der Waals surface area contributed by atoms with E-state index in [9.17, 15) is 59.4 Å². The van der Waals surface area contributed by atoms with E-state index in [0.717, 1.165) is 66.8 Å². The van der Waals surface area contributed by atoms with Crippen LogP contribution in [0.25, 0.3) is 66.8 Å². The van der Waals surface area contributed by atoms with E-state index in [4.69, 9.17) is 0 Å². The van der Waals surface area contributed by atoms with Gasteiger partial charge in [-0.1, -0.05) is 72.8 Å². The van der Waals surface area contributed by atoms with Gasteiger partial charge < -0.3 is 30.6 Å². The summed E-state index contributed by atoms with van der Waals surface area (Å²) < 4.78 is 0. The maximum absolute atomic E-state index is 11.2. The van der Waals surface area contributed by atoms with Crippen molar-refractivity contribution in [2.45, 2.75) is 0 Å². The van der Waals surface area contributed by atoms with Crippen molar-refractivity contribution in [2.75, 3.05) is 0 Å². The van der Waals surface area contributed by atoms with Gasteiger partial charge in [0.2, 0.25) is 0 Å². The van der Waals surface area contributed by atoms with E-state index >= 15 is 0 Å². The minimum atomic E-state index is -1.01. The zero-order chi connectivity index (χ0) is 47.1. The number of aromatic carboxylic acids is 6. The third-order valence-electron chi connectivity index (χ3n) is 10.7. The number of benzene rings is 8. The normalized spacial score (nSPS) is 10.5. The third kappa shape index (κ3) is 10.4. The molecule has 0 aromatic heterocycles. The van der Waals surface area contributed by atoms with Crippen molar-refractivity contribution < 1.29 is 59.4 Å². The minimum Gasteiger partial charge on any atom is -0.478 e. The van der Waals surface area contributed by atoms with Crippen LogP contribution in [0.2, 0.25) is 0 Å². The highest BCUT2D eigenvalue weighted by Crippen LogP contribution is 2.35. The Hall–Kier alpha value is -9.42. The lowest BCUT2D eigenvalue weighted by Gasteiger charge is -2.12. The molecular weight excluding hydrogens is 841 g/mol. The molecule has 8 aromatic carbocycles. The van der Waals surface area contributed by atoms with Crippen molar-refractivity contribution in [1.82, 2.24) is 0 Å². The van der Waals surface area contributed by atoms with Crippen LogP contribution >= 0.6 is 0 Å². The van der Waals surface area contributed by atoms with Crippen molar-refractivity contribution in [3.63, 3.8) is 0 Å². The van der Waals surface area contributed by atoms with Gasteiger partial charge in [0.15, 0.2) is 0 Å². The molecule has 0 saturated carbocycles. The molecule has 0 radical (unpaired) electrons. The number of carboxylic acids is 6. The summed E-state index contributed by atoms with van der Waals surface area (Å²) in [4.78, 5) is 67.2. The van der Waals surface area contributed by atoms with E-state index in [1.54, 1.807) is 72.8 Å². The Labute approximate surface area is 376 Å². The largest absolute Gasteiger partial charge is 0.478 e. The molecule has 8 aromatic rings. The first-order valence-corrected chi connectivity index (χ1v) is 20.0. The maximum Gasteiger partial charge on any atom is 0.335 e. The van der Waals surface area contributed by atoms with Gasteiger partial charge in [0.05, 0.1) is 33.4 Å². The average Bonchev–Trinajstić information content (AvgIpc) is 3.34. The molecule has 6 N–H and O–H groups in total. The number of carbonyl (C=O) groups is 6. The average molecular weight is 877 g/mol. The van der Waals surface area contributed by atoms with Gasteiger partial charge in [-0.05, 0) is 176 Å². The van der Waals surface area contributed by atoms with E-state index < -0.39 is 35.8 Å². The molecule has 0 aliphatic carbocycles. The molecular formula is C54H36O12. The van der Waals surface area contributed by atoms with Crippen molar-refractivity contribution in [1.29, 1.82) is 0 Å². The quantitative estimate of drug-likeness (QED) is 0.0674. The van der Waals surface area contributed by atoms with E-state index in [1.165, 1.54) is 72.8 Å². The van der Waals surface area contributed by atoms with Crippen molar-refractivity contribution >= 4 is 35.8 Å². The van der Waals surface area contributed by atoms with Crippen LogP contribution in [0.15, 0.2) is 182 Å². The lowest BCUT2D eigenvalue weighted by atomic mass is 9.92. The van der Waals surface area contributed by atoms with Gasteiger partial charge in [0.1, 0.15) is 0 Å². The molecule has 0 fully saturated rings. The van der Waals surface area contributed by atoms with Gasteiger partial charge in [-0.3, -0.25) is 0 Å². The van der Waals surface area contributed by atoms with E-state index in [0.29, 0.717) is 0 Å². The van der Waals surface area contributed by atoms with Crippen LogP contribution in [0.5, 0.6) is 0 Å². The Kier molecular flexibility index (Phi) is 13.1. The number of hydrogen-bond donors (Lipinski definition) is 6. The first-order valence-electron chi connectivity index (χ1n) is 20.0. The molecule has 66 heavy (non-hydrogen) atoms. The number of hydrogen-bond acceptors (Lipinski definition) is 6. The van der Waals surface area contributed by atoms with Gasteiger partial charge in [-0.2, -0.15) is 0 Å². The first kappa shape index (κ1) is 44.6. The Morgan fingerprint density at radius 1 is 0.182 bits per heavy atom. The molecule has 0 amide bonds. The summed E-state index contributed by atoms with van der Waals surface area (Å²) in [6.45, 7) is 0. The van der Waals surface area contributed by atoms with Crippen molar-refractivity contribution in [3.8, 4) is 66.8 Å². The Bertz CT molecular complexity index is 2550. The molecule has 0 heterocycles. The fourth-order valence-corrected chi connectivity index (χ4v) is 7.09. The van der Waals surface area contributed by atoms with Gasteiger partial charge in [0, 0.05) is 0 Å². The molecule has 0 bridgehead atoms. The van der Waals surface area contributed by atoms with Crippen LogP contribution in [-0.2, 0) is 0 Å². The van der Waals surface area contributed by atoms with Gasteiger partial charge in [0.25, 0.3) is 0 Å². The van der Waals surface area contributed by atoms with Crippen LogP contribution in [-0.4, -0.2) is 66.5 Å². The van der Waals surface area contributed by atoms with Crippen molar-refractivity contribution in [2.24, 2.45) is 0 Å². The predicted molar refractivity (Wildman–Crippen MR) is 247 cm³/mol. The standard InChI is InChI=1S/2C27H18O6/c2*28-25(29)19-7-1-16(2-8-19)22-13-23(17-3-9-20(10-4-17)26(30)31)15-24(14-22)18-5-11-21(12-6-18)27(32)33/h2*1-15H,(H,28,29)(H,30,31)(H,32,33). The fraction of sp³-hybridized carbons (Fsp3) is 0. The highest BCUT2D eigenvalue weighted by Gasteiger charge is 2.13. The Balaban J connectivity index is 0.000000196. The van der Waals surface area contributed by atoms with Crippen LogP contribution in [0.4, 0.5) is 0 Å². The smallest absolute Gasteiger partial charge is 0.335 e. The molecule has 0 saturated heterocycles. The second-order valence-electron chi connectivity index (χ2n) is 14.9. The Morgan fingerprint density at radius 3 is 0.379 bits per heavy atom. The summed E-state index contributed by atoms with van der Waals surface area (Å²) in [5.74, 6) is -6.04. The zero-order valence-electron chi connectivity index (χ0n) is 34.5. The monoisotopic (exact) mass is 876 g/mol. The number of rotatable bonds is 12. The molecule has 0 spiro atoms. The molecule has 12 nitrogen and oxygen atoms in total. The SMILES string of the molecule is O=C(O)c1ccc(-c2cc(-c3ccc(C(=O)O)cc3)cc(-c3ccc(C(=O)O)cc3)c2)cc1.O=C(O)c1ccc(-c2cc(-c3ccc(C(=O)O)cc3)cc(-c3ccc(C(=O)O)cc3)c2)cc1. The van der Waals surface area contributed by atoms with Crippen LogP contribution in [0.1, 0.15) is 62.1 Å². The molecule has 0 aliphatic rings. The minimum absolute atomic E-state index is 0.184. The van der Waals surface area contributed by atoms with Crippen molar-refractivity contribution in [3.05, 3.63) is 215 Å².